The van der Waals surface area contributed by atoms with Crippen LogP contribution in [0.1, 0.15) is 41.7 Å². The first-order valence-electron chi connectivity index (χ1n) is 7.96. The molecule has 0 fully saturated rings. The summed E-state index contributed by atoms with van der Waals surface area (Å²) >= 11 is 1.12. The SMILES string of the molecule is COCCn1nc(C(C)(C)C)sc1=NC(=O)c1cc(C(F)(F)F)ccc1F. The summed E-state index contributed by atoms with van der Waals surface area (Å²) in [6, 6.07) is 1.65. The Hall–Kier alpha value is -2.07. The number of hydrogen-bond donors (Lipinski definition) is 0. The molecule has 0 aliphatic rings. The molecule has 0 atom stereocenters. The molecule has 10 heteroatoms. The van der Waals surface area contributed by atoms with Gasteiger partial charge in [0.1, 0.15) is 10.8 Å². The van der Waals surface area contributed by atoms with E-state index < -0.39 is 29.0 Å². The van der Waals surface area contributed by atoms with Gasteiger partial charge in [-0.25, -0.2) is 9.07 Å². The van der Waals surface area contributed by atoms with Crippen LogP contribution in [0.25, 0.3) is 0 Å². The van der Waals surface area contributed by atoms with Crippen LogP contribution in [0, 0.1) is 5.82 Å². The Balaban J connectivity index is 2.52. The van der Waals surface area contributed by atoms with Crippen LogP contribution in [-0.4, -0.2) is 29.4 Å². The number of amides is 1. The molecular formula is C17H19F4N3O2S. The molecule has 148 valence electrons. The molecule has 5 nitrogen and oxygen atoms in total. The largest absolute Gasteiger partial charge is 0.416 e. The molecule has 0 N–H and O–H groups in total. The minimum atomic E-state index is -4.69. The summed E-state index contributed by atoms with van der Waals surface area (Å²) in [6.45, 7) is 6.35. The number of methoxy groups -OCH3 is 1. The fourth-order valence-corrected chi connectivity index (χ4v) is 3.02. The molecule has 0 saturated carbocycles. The number of ether oxygens (including phenoxy) is 1. The van der Waals surface area contributed by atoms with Crippen molar-refractivity contribution < 1.29 is 27.1 Å². The molecule has 0 aliphatic carbocycles. The quantitative estimate of drug-likeness (QED) is 0.728. The number of rotatable bonds is 4. The highest BCUT2D eigenvalue weighted by molar-refractivity contribution is 7.09. The molecule has 0 radical (unpaired) electrons. The highest BCUT2D eigenvalue weighted by Gasteiger charge is 2.32. The van der Waals surface area contributed by atoms with Gasteiger partial charge in [0.2, 0.25) is 4.80 Å². The average Bonchev–Trinajstić information content (AvgIpc) is 2.95. The minimum absolute atomic E-state index is 0.166. The molecule has 1 aromatic heterocycles. The second-order valence-corrected chi connectivity index (χ2v) is 7.72. The summed E-state index contributed by atoms with van der Waals surface area (Å²) in [4.78, 5) is 16.3. The molecule has 2 aromatic rings. The average molecular weight is 405 g/mol. The maximum Gasteiger partial charge on any atom is 0.416 e. The summed E-state index contributed by atoms with van der Waals surface area (Å²) in [7, 11) is 1.50. The van der Waals surface area contributed by atoms with Gasteiger partial charge < -0.3 is 4.74 Å². The first-order chi connectivity index (χ1) is 12.4. The number of aromatic nitrogens is 2. The van der Waals surface area contributed by atoms with Gasteiger partial charge in [0.05, 0.1) is 24.3 Å². The van der Waals surface area contributed by atoms with Gasteiger partial charge in [-0.2, -0.15) is 23.3 Å². The van der Waals surface area contributed by atoms with Crippen molar-refractivity contribution in [3.8, 4) is 0 Å². The maximum atomic E-state index is 13.9. The first kappa shape index (κ1) is 21.2. The van der Waals surface area contributed by atoms with Gasteiger partial charge >= 0.3 is 6.18 Å². The maximum absolute atomic E-state index is 13.9. The van der Waals surface area contributed by atoms with Crippen molar-refractivity contribution in [3.05, 3.63) is 45.0 Å². The zero-order valence-electron chi connectivity index (χ0n) is 15.2. The van der Waals surface area contributed by atoms with Crippen molar-refractivity contribution >= 4 is 17.2 Å². The van der Waals surface area contributed by atoms with Crippen LogP contribution >= 0.6 is 11.3 Å². The van der Waals surface area contributed by atoms with Crippen LogP contribution in [0.2, 0.25) is 0 Å². The Kier molecular flexibility index (Phi) is 6.21. The van der Waals surface area contributed by atoms with Gasteiger partial charge in [-0.15, -0.1) is 0 Å². The van der Waals surface area contributed by atoms with Crippen molar-refractivity contribution in [2.45, 2.75) is 38.9 Å². The Morgan fingerprint density at radius 1 is 1.30 bits per heavy atom. The lowest BCUT2D eigenvalue weighted by Crippen LogP contribution is -2.21. The van der Waals surface area contributed by atoms with E-state index in [9.17, 15) is 22.4 Å². The first-order valence-corrected chi connectivity index (χ1v) is 8.78. The van der Waals surface area contributed by atoms with Crippen LogP contribution in [-0.2, 0) is 22.9 Å². The van der Waals surface area contributed by atoms with Crippen molar-refractivity contribution in [2.24, 2.45) is 4.99 Å². The monoisotopic (exact) mass is 405 g/mol. The normalized spacial score (nSPS) is 13.3. The molecule has 1 aromatic carbocycles. The molecule has 0 saturated heterocycles. The molecule has 2 rings (SSSR count). The van der Waals surface area contributed by atoms with Crippen LogP contribution < -0.4 is 4.80 Å². The van der Waals surface area contributed by atoms with E-state index in [-0.39, 0.29) is 10.2 Å². The van der Waals surface area contributed by atoms with E-state index in [0.29, 0.717) is 36.4 Å². The summed E-state index contributed by atoms with van der Waals surface area (Å²) in [5, 5.41) is 5.06. The topological polar surface area (TPSA) is 56.5 Å². The van der Waals surface area contributed by atoms with Gasteiger partial charge in [-0.1, -0.05) is 32.1 Å². The number of benzene rings is 1. The number of carbonyl (C=O) groups excluding carboxylic acids is 1. The van der Waals surface area contributed by atoms with Gasteiger partial charge in [-0.3, -0.25) is 4.79 Å². The number of carbonyl (C=O) groups is 1. The third-order valence-corrected chi connectivity index (χ3v) is 4.86. The van der Waals surface area contributed by atoms with Gasteiger partial charge in [0.25, 0.3) is 5.91 Å². The van der Waals surface area contributed by atoms with Crippen LogP contribution in [0.3, 0.4) is 0 Å². The number of hydrogen-bond acceptors (Lipinski definition) is 4. The summed E-state index contributed by atoms with van der Waals surface area (Å²) in [5.41, 5.74) is -2.18. The predicted molar refractivity (Wildman–Crippen MR) is 92.0 cm³/mol. The van der Waals surface area contributed by atoms with Crippen molar-refractivity contribution in [2.75, 3.05) is 13.7 Å². The standard InChI is InChI=1S/C17H19F4N3O2S/c1-16(2,3)14-23-24(7-8-26-4)15(27-14)22-13(25)11-9-10(17(19,20)21)5-6-12(11)18/h5-6,9H,7-8H2,1-4H3. The molecule has 0 bridgehead atoms. The summed E-state index contributed by atoms with van der Waals surface area (Å²) in [6.07, 6.45) is -4.69. The molecule has 1 amide bonds. The molecule has 0 spiro atoms. The fourth-order valence-electron chi connectivity index (χ4n) is 2.03. The van der Waals surface area contributed by atoms with E-state index in [4.69, 9.17) is 4.74 Å². The van der Waals surface area contributed by atoms with Gasteiger partial charge in [0.15, 0.2) is 0 Å². The lowest BCUT2D eigenvalue weighted by molar-refractivity contribution is -0.137. The lowest BCUT2D eigenvalue weighted by Gasteiger charge is -2.12. The van der Waals surface area contributed by atoms with E-state index in [1.54, 1.807) is 0 Å². The van der Waals surface area contributed by atoms with Crippen LogP contribution in [0.15, 0.2) is 23.2 Å². The van der Waals surface area contributed by atoms with E-state index in [0.717, 1.165) is 11.3 Å². The van der Waals surface area contributed by atoms with Crippen LogP contribution in [0.4, 0.5) is 17.6 Å². The number of halogens is 4. The zero-order chi connectivity index (χ0) is 20.4. The smallest absolute Gasteiger partial charge is 0.383 e. The molecule has 0 aliphatic heterocycles. The third-order valence-electron chi connectivity index (χ3n) is 3.49. The number of nitrogens with zero attached hydrogens (tertiary/aromatic N) is 3. The Morgan fingerprint density at radius 2 is 1.96 bits per heavy atom. The van der Waals surface area contributed by atoms with E-state index in [2.05, 4.69) is 10.1 Å². The molecule has 27 heavy (non-hydrogen) atoms. The van der Waals surface area contributed by atoms with Gasteiger partial charge in [0, 0.05) is 12.5 Å². The highest BCUT2D eigenvalue weighted by atomic mass is 32.1. The van der Waals surface area contributed by atoms with E-state index in [1.165, 1.54) is 11.8 Å². The highest BCUT2D eigenvalue weighted by Crippen LogP contribution is 2.30. The Labute approximate surface area is 157 Å². The van der Waals surface area contributed by atoms with Crippen molar-refractivity contribution in [1.82, 2.24) is 9.78 Å². The predicted octanol–water partition coefficient (Wildman–Crippen LogP) is 3.79. The summed E-state index contributed by atoms with van der Waals surface area (Å²) < 4.78 is 58.9. The van der Waals surface area contributed by atoms with E-state index in [1.807, 2.05) is 20.8 Å². The molecular weight excluding hydrogens is 386 g/mol. The second kappa shape index (κ2) is 7.89. The Bertz CT molecular complexity index is 895. The third kappa shape index (κ3) is 5.23. The minimum Gasteiger partial charge on any atom is -0.383 e. The molecule has 1 heterocycles. The lowest BCUT2D eigenvalue weighted by atomic mass is 9.98. The zero-order valence-corrected chi connectivity index (χ0v) is 16.0. The Morgan fingerprint density at radius 3 is 2.52 bits per heavy atom. The van der Waals surface area contributed by atoms with Crippen molar-refractivity contribution in [3.63, 3.8) is 0 Å². The summed E-state index contributed by atoms with van der Waals surface area (Å²) in [5.74, 6) is -2.17. The molecule has 0 unspecified atom stereocenters. The number of alkyl halides is 3. The van der Waals surface area contributed by atoms with Crippen LogP contribution in [0.5, 0.6) is 0 Å². The second-order valence-electron chi connectivity index (χ2n) is 6.77. The van der Waals surface area contributed by atoms with E-state index >= 15 is 0 Å². The fraction of sp³-hybridized carbons (Fsp3) is 0.471. The van der Waals surface area contributed by atoms with Crippen molar-refractivity contribution in [1.29, 1.82) is 0 Å². The van der Waals surface area contributed by atoms with Gasteiger partial charge in [-0.05, 0) is 18.2 Å².